The summed E-state index contributed by atoms with van der Waals surface area (Å²) in [7, 11) is 0. The third-order valence-electron chi connectivity index (χ3n) is 16.2. The van der Waals surface area contributed by atoms with E-state index in [9.17, 15) is 9.59 Å². The van der Waals surface area contributed by atoms with Crippen LogP contribution in [-0.2, 0) is 37.0 Å². The number of aliphatic carboxylic acids is 1. The molecule has 0 spiro atoms. The number of carboxylic acids is 1. The molecule has 2 aromatic heterocycles. The second-order valence-electron chi connectivity index (χ2n) is 24.7. The topological polar surface area (TPSA) is 150 Å². The predicted molar refractivity (Wildman–Crippen MR) is 396 cm³/mol. The molecular formula is C78H82Br2N4O12S2. The number of thiophene rings is 2. The molecule has 0 saturated carbocycles. The van der Waals surface area contributed by atoms with Crippen LogP contribution in [0, 0.1) is 0 Å². The molecule has 512 valence electrons. The average Bonchev–Trinajstić information content (AvgIpc) is 1.64. The molecule has 10 aromatic rings. The lowest BCUT2D eigenvalue weighted by molar-refractivity contribution is -0.156. The highest BCUT2D eigenvalue weighted by Gasteiger charge is 2.24. The fourth-order valence-corrected chi connectivity index (χ4v) is 14.0. The van der Waals surface area contributed by atoms with Gasteiger partial charge in [0.05, 0.1) is 49.3 Å². The van der Waals surface area contributed by atoms with Crippen LogP contribution in [0.4, 0.5) is 0 Å². The van der Waals surface area contributed by atoms with Gasteiger partial charge in [-0.05, 0) is 152 Å². The Morgan fingerprint density at radius 2 is 0.806 bits per heavy atom. The van der Waals surface area contributed by atoms with E-state index < -0.39 is 11.6 Å². The number of ether oxygens (including phenoxy) is 9. The monoisotopic (exact) mass is 1490 g/mol. The summed E-state index contributed by atoms with van der Waals surface area (Å²) in [6.07, 6.45) is 0. The van der Waals surface area contributed by atoms with E-state index in [0.717, 1.165) is 173 Å². The number of piperazine rings is 2. The maximum absolute atomic E-state index is 12.1. The zero-order valence-corrected chi connectivity index (χ0v) is 60.2. The molecule has 0 aliphatic carbocycles. The minimum absolute atomic E-state index is 0.110. The molecule has 98 heavy (non-hydrogen) atoms. The summed E-state index contributed by atoms with van der Waals surface area (Å²) in [5.41, 5.74) is 3.97. The van der Waals surface area contributed by atoms with Crippen LogP contribution in [-0.4, -0.2) is 160 Å². The number of benzene rings is 8. The number of carbonyl (C=O) groups excluding carboxylic acids is 1. The van der Waals surface area contributed by atoms with Crippen LogP contribution in [0.1, 0.15) is 31.9 Å². The van der Waals surface area contributed by atoms with Crippen molar-refractivity contribution in [2.75, 3.05) is 118 Å². The van der Waals surface area contributed by atoms with Gasteiger partial charge < -0.3 is 47.7 Å². The van der Waals surface area contributed by atoms with Gasteiger partial charge in [-0.3, -0.25) is 29.2 Å². The molecule has 0 unspecified atom stereocenters. The Bertz CT molecular complexity index is 4120. The first-order chi connectivity index (χ1) is 47.7. The first-order valence-electron chi connectivity index (χ1n) is 33.0. The van der Waals surface area contributed by atoms with Crippen molar-refractivity contribution in [3.05, 3.63) is 214 Å². The average molecular weight is 1490 g/mol. The van der Waals surface area contributed by atoms with Gasteiger partial charge in [0, 0.05) is 94.6 Å². The number of fused-ring (bicyclic) bond motifs is 2. The maximum atomic E-state index is 12.1. The molecule has 0 atom stereocenters. The number of nitrogens with zero attached hydrogens (tertiary/aromatic N) is 4. The maximum Gasteiger partial charge on any atom is 0.320 e. The smallest absolute Gasteiger partial charge is 0.320 e. The van der Waals surface area contributed by atoms with Crippen molar-refractivity contribution >= 4 is 86.6 Å². The molecule has 4 heterocycles. The molecule has 16 nitrogen and oxygen atoms in total. The minimum Gasteiger partial charge on any atom is -0.491 e. The summed E-state index contributed by atoms with van der Waals surface area (Å²) in [5, 5.41) is 11.0. The summed E-state index contributed by atoms with van der Waals surface area (Å²) >= 11 is 10.5. The Morgan fingerprint density at radius 1 is 0.429 bits per heavy atom. The van der Waals surface area contributed by atoms with Gasteiger partial charge in [-0.15, -0.1) is 22.7 Å². The Kier molecular flexibility index (Phi) is 26.1. The van der Waals surface area contributed by atoms with E-state index in [1.54, 1.807) is 22.7 Å². The Balaban J connectivity index is 0.000000199. The van der Waals surface area contributed by atoms with Gasteiger partial charge >= 0.3 is 11.9 Å². The van der Waals surface area contributed by atoms with E-state index in [2.05, 4.69) is 119 Å². The van der Waals surface area contributed by atoms with Gasteiger partial charge in [0.15, 0.2) is 11.5 Å². The summed E-state index contributed by atoms with van der Waals surface area (Å²) in [6, 6.07) is 64.6. The highest BCUT2D eigenvalue weighted by molar-refractivity contribution is 9.10. The summed E-state index contributed by atoms with van der Waals surface area (Å²) in [5.74, 6) is 5.29. The third-order valence-corrected chi connectivity index (χ3v) is 19.6. The zero-order chi connectivity index (χ0) is 68.1. The van der Waals surface area contributed by atoms with E-state index >= 15 is 0 Å². The van der Waals surface area contributed by atoms with Crippen molar-refractivity contribution in [3.63, 3.8) is 0 Å². The van der Waals surface area contributed by atoms with Crippen LogP contribution >= 0.6 is 54.5 Å². The van der Waals surface area contributed by atoms with Crippen LogP contribution in [0.15, 0.2) is 203 Å². The molecule has 2 fully saturated rings. The van der Waals surface area contributed by atoms with Gasteiger partial charge in [0.2, 0.25) is 0 Å². The predicted octanol–water partition coefficient (Wildman–Crippen LogP) is 16.9. The van der Waals surface area contributed by atoms with Gasteiger partial charge in [0.1, 0.15) is 66.5 Å². The molecular weight excluding hydrogens is 1410 g/mol. The Hall–Kier alpha value is -7.86. The van der Waals surface area contributed by atoms with Gasteiger partial charge in [-0.2, -0.15) is 0 Å². The van der Waals surface area contributed by atoms with Gasteiger partial charge in [-0.1, -0.05) is 117 Å². The van der Waals surface area contributed by atoms with Gasteiger partial charge in [0.25, 0.3) is 0 Å². The lowest BCUT2D eigenvalue weighted by atomic mass is 10.1. The van der Waals surface area contributed by atoms with Crippen molar-refractivity contribution < 1.29 is 57.3 Å². The van der Waals surface area contributed by atoms with Crippen molar-refractivity contribution in [1.82, 2.24) is 19.6 Å². The lowest BCUT2D eigenvalue weighted by Crippen LogP contribution is -2.49. The molecule has 2 saturated heterocycles. The molecule has 20 heteroatoms. The molecule has 8 aromatic carbocycles. The SMILES string of the molecule is CC(C)(C)OC(=O)CN1CCN(CCOCCOc2ccc(Oc3c(-c4ccc(Br)cc4)sc4cc(OCc5ccccc5)ccc34)cc2)CC1.O=C(O)CN1CCN(CCOCCOc2ccc(Oc3c(-c4ccc(Br)cc4)sc4cc(OCc5ccccc5)ccc34)cc2)CC1. The van der Waals surface area contributed by atoms with Crippen molar-refractivity contribution in [2.45, 2.75) is 39.6 Å². The van der Waals surface area contributed by atoms with Crippen molar-refractivity contribution in [1.29, 1.82) is 0 Å². The summed E-state index contributed by atoms with van der Waals surface area (Å²) in [6.45, 7) is 18.8. The Morgan fingerprint density at radius 3 is 1.20 bits per heavy atom. The number of rotatable bonds is 30. The number of hydrogen-bond acceptors (Lipinski definition) is 17. The normalized spacial score (nSPS) is 14.0. The van der Waals surface area contributed by atoms with Crippen molar-refractivity contribution in [2.24, 2.45) is 0 Å². The first kappa shape index (κ1) is 71.4. The summed E-state index contributed by atoms with van der Waals surface area (Å²) in [4.78, 5) is 33.9. The van der Waals surface area contributed by atoms with E-state index in [0.29, 0.717) is 59.4 Å². The van der Waals surface area contributed by atoms with E-state index in [1.807, 2.05) is 147 Å². The highest BCUT2D eigenvalue weighted by atomic mass is 79.9. The largest absolute Gasteiger partial charge is 0.491 e. The molecule has 0 radical (unpaired) electrons. The second kappa shape index (κ2) is 35.8. The highest BCUT2D eigenvalue weighted by Crippen LogP contribution is 2.49. The zero-order valence-electron chi connectivity index (χ0n) is 55.4. The molecule has 12 rings (SSSR count). The molecule has 1 N–H and O–H groups in total. The Labute approximate surface area is 598 Å². The van der Waals surface area contributed by atoms with Crippen LogP contribution in [0.25, 0.3) is 41.1 Å². The van der Waals surface area contributed by atoms with Crippen LogP contribution in [0.3, 0.4) is 0 Å². The van der Waals surface area contributed by atoms with E-state index in [4.69, 9.17) is 47.7 Å². The second-order valence-corrected chi connectivity index (χ2v) is 28.6. The third kappa shape index (κ3) is 21.8. The summed E-state index contributed by atoms with van der Waals surface area (Å²) < 4.78 is 58.6. The van der Waals surface area contributed by atoms with Crippen LogP contribution < -0.4 is 28.4 Å². The van der Waals surface area contributed by atoms with Crippen LogP contribution in [0.5, 0.6) is 46.0 Å². The number of hydrogen-bond donors (Lipinski definition) is 1. The molecule has 2 aliphatic rings. The molecule has 0 bridgehead atoms. The number of halogens is 2. The van der Waals surface area contributed by atoms with E-state index in [-0.39, 0.29) is 12.5 Å². The first-order valence-corrected chi connectivity index (χ1v) is 36.2. The fourth-order valence-electron chi connectivity index (χ4n) is 11.1. The van der Waals surface area contributed by atoms with Gasteiger partial charge in [-0.25, -0.2) is 0 Å². The quantitative estimate of drug-likeness (QED) is 0.0336. The van der Waals surface area contributed by atoms with Crippen LogP contribution in [0.2, 0.25) is 0 Å². The number of carboxylic acid groups (broad SMARTS) is 1. The van der Waals surface area contributed by atoms with Crippen molar-refractivity contribution in [3.8, 4) is 66.9 Å². The number of carbonyl (C=O) groups is 2. The minimum atomic E-state index is -0.773. The lowest BCUT2D eigenvalue weighted by Gasteiger charge is -2.34. The molecule has 2 aliphatic heterocycles. The number of esters is 1. The van der Waals surface area contributed by atoms with E-state index in [1.165, 1.54) is 0 Å². The molecule has 0 amide bonds. The fraction of sp³-hybridized carbons (Fsp3) is 0.308. The standard InChI is InChI=1S/C41H45BrN2O6S.C37H37BrN2O6S/c1-41(2,3)50-38(45)28-44-21-19-43(20-22-44)23-24-46-25-26-47-33-13-15-34(16-14-33)49-39-36-18-17-35(48-29-30-7-5-4-6-8-30)27-37(36)51-40(39)31-9-11-32(42)12-10-31;38-29-8-6-28(7-9-29)37-36(33-15-14-32(24-34(33)47-37)45-26-27-4-2-1-3-5-27)46-31-12-10-30(11-13-31)44-23-22-43-21-20-39-16-18-40(19-17-39)25-35(41)42/h4-18,27H,19-26,28-29H2,1-3H3;1-15,24H,16-23,25-26H2,(H,41,42).